The second kappa shape index (κ2) is 9.16. The number of hydrogen-bond donors (Lipinski definition) is 1. The first-order valence-corrected chi connectivity index (χ1v) is 6.25. The second-order valence-corrected chi connectivity index (χ2v) is 4.46. The van der Waals surface area contributed by atoms with Crippen LogP contribution in [0.3, 0.4) is 0 Å². The van der Waals surface area contributed by atoms with Gasteiger partial charge in [0.25, 0.3) is 0 Å². The largest absolute Gasteiger partial charge is 0.380 e. The van der Waals surface area contributed by atoms with E-state index in [0.29, 0.717) is 19.1 Å². The Balaban J connectivity index is 1.88. The lowest BCUT2D eigenvalue weighted by molar-refractivity contribution is 0.00856. The van der Waals surface area contributed by atoms with E-state index in [-0.39, 0.29) is 0 Å². The third-order valence-corrected chi connectivity index (χ3v) is 2.37. The average molecular weight is 237 g/mol. The maximum atomic E-state index is 5.45. The summed E-state index contributed by atoms with van der Waals surface area (Å²) < 4.78 is 5.45. The maximum absolute atomic E-state index is 5.45. The zero-order valence-corrected chi connectivity index (χ0v) is 10.8. The minimum Gasteiger partial charge on any atom is -0.380 e. The first-order chi connectivity index (χ1) is 8.29. The summed E-state index contributed by atoms with van der Waals surface area (Å²) in [7, 11) is 0. The monoisotopic (exact) mass is 237 g/mol. The number of ether oxygens (including phenoxy) is 1. The lowest BCUT2D eigenvalue weighted by Gasteiger charge is -2.08. The summed E-state index contributed by atoms with van der Waals surface area (Å²) >= 11 is 0. The van der Waals surface area contributed by atoms with Crippen LogP contribution in [-0.2, 0) is 16.2 Å². The Labute approximate surface area is 104 Å². The molecular weight excluding hydrogens is 214 g/mol. The molecule has 1 rings (SSSR count). The molecule has 0 bridgehead atoms. The van der Waals surface area contributed by atoms with Crippen molar-refractivity contribution < 1.29 is 9.57 Å². The van der Waals surface area contributed by atoms with Gasteiger partial charge in [-0.3, -0.25) is 4.84 Å². The van der Waals surface area contributed by atoms with Gasteiger partial charge in [-0.15, -0.1) is 0 Å². The fourth-order valence-electron chi connectivity index (χ4n) is 1.32. The van der Waals surface area contributed by atoms with Gasteiger partial charge in [0.1, 0.15) is 0 Å². The van der Waals surface area contributed by atoms with E-state index in [0.717, 1.165) is 19.6 Å². The van der Waals surface area contributed by atoms with E-state index in [1.165, 1.54) is 5.56 Å². The first kappa shape index (κ1) is 14.2. The van der Waals surface area contributed by atoms with Crippen molar-refractivity contribution in [2.24, 2.45) is 5.92 Å². The highest BCUT2D eigenvalue weighted by molar-refractivity contribution is 5.13. The van der Waals surface area contributed by atoms with Gasteiger partial charge >= 0.3 is 0 Å². The minimum atomic E-state index is 0.590. The van der Waals surface area contributed by atoms with Crippen molar-refractivity contribution in [3.8, 4) is 0 Å². The topological polar surface area (TPSA) is 30.5 Å². The van der Waals surface area contributed by atoms with E-state index in [1.54, 1.807) is 0 Å². The van der Waals surface area contributed by atoms with Crippen LogP contribution in [0.1, 0.15) is 25.8 Å². The van der Waals surface area contributed by atoms with Gasteiger partial charge in [-0.2, -0.15) is 5.48 Å². The molecule has 1 N–H and O–H groups in total. The molecule has 3 nitrogen and oxygen atoms in total. The van der Waals surface area contributed by atoms with E-state index < -0.39 is 0 Å². The van der Waals surface area contributed by atoms with Gasteiger partial charge in [0, 0.05) is 13.2 Å². The van der Waals surface area contributed by atoms with Crippen LogP contribution in [0.5, 0.6) is 0 Å². The lowest BCUT2D eigenvalue weighted by Crippen LogP contribution is -2.20. The van der Waals surface area contributed by atoms with Gasteiger partial charge in [-0.25, -0.2) is 0 Å². The molecule has 96 valence electrons. The van der Waals surface area contributed by atoms with Crippen molar-refractivity contribution in [2.75, 3.05) is 19.8 Å². The Morgan fingerprint density at radius 2 is 1.88 bits per heavy atom. The Morgan fingerprint density at radius 1 is 1.12 bits per heavy atom. The molecule has 3 heteroatoms. The molecule has 0 saturated carbocycles. The van der Waals surface area contributed by atoms with Crippen LogP contribution in [0.15, 0.2) is 30.3 Å². The van der Waals surface area contributed by atoms with E-state index in [2.05, 4.69) is 19.3 Å². The first-order valence-electron chi connectivity index (χ1n) is 6.25. The summed E-state index contributed by atoms with van der Waals surface area (Å²) in [6, 6.07) is 10.1. The Bertz CT molecular complexity index is 275. The molecule has 0 amide bonds. The van der Waals surface area contributed by atoms with E-state index in [4.69, 9.17) is 9.57 Å². The molecular formula is C14H23NO2. The van der Waals surface area contributed by atoms with Crippen LogP contribution in [0.4, 0.5) is 0 Å². The highest BCUT2D eigenvalue weighted by atomic mass is 16.6. The SMILES string of the molecule is CC(C)CCOCCNOCc1ccccc1. The summed E-state index contributed by atoms with van der Waals surface area (Å²) in [5.41, 5.74) is 4.06. The quantitative estimate of drug-likeness (QED) is 0.529. The third kappa shape index (κ3) is 7.91. The third-order valence-electron chi connectivity index (χ3n) is 2.37. The Kier molecular flexibility index (Phi) is 7.63. The zero-order chi connectivity index (χ0) is 12.3. The van der Waals surface area contributed by atoms with Gasteiger partial charge in [-0.05, 0) is 17.9 Å². The molecule has 1 aromatic carbocycles. The Hall–Kier alpha value is -0.900. The molecule has 0 saturated heterocycles. The maximum Gasteiger partial charge on any atom is 0.0933 e. The van der Waals surface area contributed by atoms with Crippen molar-refractivity contribution in [1.82, 2.24) is 5.48 Å². The summed E-state index contributed by atoms with van der Waals surface area (Å²) in [5, 5.41) is 0. The summed E-state index contributed by atoms with van der Waals surface area (Å²) in [6.45, 7) is 7.24. The van der Waals surface area contributed by atoms with Crippen molar-refractivity contribution in [3.63, 3.8) is 0 Å². The van der Waals surface area contributed by atoms with Crippen LogP contribution in [0.2, 0.25) is 0 Å². The van der Waals surface area contributed by atoms with Gasteiger partial charge in [0.2, 0.25) is 0 Å². The highest BCUT2D eigenvalue weighted by Crippen LogP contribution is 1.99. The second-order valence-electron chi connectivity index (χ2n) is 4.46. The smallest absolute Gasteiger partial charge is 0.0933 e. The molecule has 0 fully saturated rings. The number of nitrogens with one attached hydrogen (secondary N) is 1. The van der Waals surface area contributed by atoms with Gasteiger partial charge in [-0.1, -0.05) is 44.2 Å². The summed E-state index contributed by atoms with van der Waals surface area (Å²) in [5.74, 6) is 0.706. The highest BCUT2D eigenvalue weighted by Gasteiger charge is 1.94. The number of benzene rings is 1. The predicted octanol–water partition coefficient (Wildman–Crippen LogP) is 2.77. The van der Waals surface area contributed by atoms with Crippen LogP contribution >= 0.6 is 0 Å². The molecule has 0 spiro atoms. The Morgan fingerprint density at radius 3 is 2.59 bits per heavy atom. The average Bonchev–Trinajstić information content (AvgIpc) is 2.33. The van der Waals surface area contributed by atoms with Crippen molar-refractivity contribution in [3.05, 3.63) is 35.9 Å². The van der Waals surface area contributed by atoms with Crippen LogP contribution in [0, 0.1) is 5.92 Å². The molecule has 0 radical (unpaired) electrons. The normalized spacial score (nSPS) is 11.0. The molecule has 0 unspecified atom stereocenters. The van der Waals surface area contributed by atoms with Crippen molar-refractivity contribution in [2.45, 2.75) is 26.9 Å². The summed E-state index contributed by atoms with van der Waals surface area (Å²) in [6.07, 6.45) is 1.12. The van der Waals surface area contributed by atoms with Crippen LogP contribution < -0.4 is 5.48 Å². The van der Waals surface area contributed by atoms with E-state index in [9.17, 15) is 0 Å². The minimum absolute atomic E-state index is 0.590. The van der Waals surface area contributed by atoms with Crippen molar-refractivity contribution >= 4 is 0 Å². The standard InChI is InChI=1S/C14H23NO2/c1-13(2)8-10-16-11-9-15-17-12-14-6-4-3-5-7-14/h3-7,13,15H,8-12H2,1-2H3. The van der Waals surface area contributed by atoms with Gasteiger partial charge < -0.3 is 4.74 Å². The van der Waals surface area contributed by atoms with Crippen molar-refractivity contribution in [1.29, 1.82) is 0 Å². The number of hydroxylamine groups is 1. The lowest BCUT2D eigenvalue weighted by atomic mass is 10.1. The molecule has 0 heterocycles. The van der Waals surface area contributed by atoms with Gasteiger partial charge in [0.05, 0.1) is 13.2 Å². The van der Waals surface area contributed by atoms with Crippen LogP contribution in [0.25, 0.3) is 0 Å². The molecule has 0 aromatic heterocycles. The van der Waals surface area contributed by atoms with E-state index >= 15 is 0 Å². The molecule has 1 aromatic rings. The summed E-state index contributed by atoms with van der Waals surface area (Å²) in [4.78, 5) is 5.32. The molecule has 0 aliphatic rings. The van der Waals surface area contributed by atoms with E-state index in [1.807, 2.05) is 30.3 Å². The van der Waals surface area contributed by atoms with Crippen LogP contribution in [-0.4, -0.2) is 19.8 Å². The number of hydrogen-bond acceptors (Lipinski definition) is 3. The molecule has 0 atom stereocenters. The molecule has 0 aliphatic heterocycles. The zero-order valence-electron chi connectivity index (χ0n) is 10.8. The van der Waals surface area contributed by atoms with Gasteiger partial charge in [0.15, 0.2) is 0 Å². The molecule has 17 heavy (non-hydrogen) atoms. The fourth-order valence-corrected chi connectivity index (χ4v) is 1.32. The number of rotatable bonds is 9. The fraction of sp³-hybridized carbons (Fsp3) is 0.571. The predicted molar refractivity (Wildman–Crippen MR) is 69.5 cm³/mol. The molecule has 0 aliphatic carbocycles.